The third kappa shape index (κ3) is 4.49. The first-order valence-electron chi connectivity index (χ1n) is 9.62. The van der Waals surface area contributed by atoms with Gasteiger partial charge in [-0.05, 0) is 65.6 Å². The highest BCUT2D eigenvalue weighted by Crippen LogP contribution is 2.26. The van der Waals surface area contributed by atoms with Gasteiger partial charge in [0.2, 0.25) is 5.91 Å². The van der Waals surface area contributed by atoms with Crippen molar-refractivity contribution in [1.82, 2.24) is 9.88 Å². The molecule has 3 aromatic rings. The van der Waals surface area contributed by atoms with Crippen molar-refractivity contribution in [3.8, 4) is 17.2 Å². The topological polar surface area (TPSA) is 51.7 Å². The Morgan fingerprint density at radius 2 is 2.03 bits per heavy atom. The van der Waals surface area contributed by atoms with Crippen molar-refractivity contribution in [2.75, 3.05) is 13.7 Å². The monoisotopic (exact) mass is 404 g/mol. The molecular formula is C24H21FN2O3. The highest BCUT2D eigenvalue weighted by molar-refractivity contribution is 5.92. The number of benzene rings is 2. The lowest BCUT2D eigenvalue weighted by atomic mass is 9.99. The molecule has 0 atom stereocenters. The Balaban J connectivity index is 1.42. The second kappa shape index (κ2) is 8.78. The minimum atomic E-state index is -0.507. The molecule has 1 aliphatic rings. The summed E-state index contributed by atoms with van der Waals surface area (Å²) in [5.74, 6) is 0.722. The normalized spacial score (nSPS) is 13.2. The van der Waals surface area contributed by atoms with Crippen LogP contribution in [0.4, 0.5) is 4.39 Å². The molecule has 5 nitrogen and oxygen atoms in total. The van der Waals surface area contributed by atoms with Crippen LogP contribution in [-0.2, 0) is 17.8 Å². The number of ether oxygens (including phenoxy) is 2. The molecule has 0 bridgehead atoms. The second-order valence-corrected chi connectivity index (χ2v) is 6.96. The number of pyridine rings is 1. The van der Waals surface area contributed by atoms with Crippen LogP contribution in [0, 0.1) is 5.82 Å². The predicted molar refractivity (Wildman–Crippen MR) is 112 cm³/mol. The highest BCUT2D eigenvalue weighted by Gasteiger charge is 2.19. The highest BCUT2D eigenvalue weighted by atomic mass is 19.1. The minimum Gasteiger partial charge on any atom is -0.497 e. The summed E-state index contributed by atoms with van der Waals surface area (Å²) < 4.78 is 25.1. The van der Waals surface area contributed by atoms with E-state index in [-0.39, 0.29) is 11.7 Å². The molecule has 1 aliphatic heterocycles. The maximum Gasteiger partial charge on any atom is 0.246 e. The fraction of sp³-hybridized carbons (Fsp3) is 0.167. The number of amides is 1. The van der Waals surface area contributed by atoms with E-state index in [9.17, 15) is 9.18 Å². The second-order valence-electron chi connectivity index (χ2n) is 6.96. The largest absolute Gasteiger partial charge is 0.497 e. The number of halogens is 1. The summed E-state index contributed by atoms with van der Waals surface area (Å²) in [7, 11) is 1.63. The molecule has 1 amide bonds. The van der Waals surface area contributed by atoms with E-state index < -0.39 is 5.82 Å². The number of rotatable bonds is 5. The summed E-state index contributed by atoms with van der Waals surface area (Å²) in [4.78, 5) is 18.3. The van der Waals surface area contributed by atoms with Gasteiger partial charge >= 0.3 is 0 Å². The zero-order chi connectivity index (χ0) is 20.9. The quantitative estimate of drug-likeness (QED) is 0.583. The van der Waals surface area contributed by atoms with Crippen LogP contribution < -0.4 is 9.47 Å². The Morgan fingerprint density at radius 3 is 2.80 bits per heavy atom. The molecule has 0 spiro atoms. The molecule has 0 fully saturated rings. The molecule has 0 radical (unpaired) electrons. The SMILES string of the molecule is COc1ccc2c(c1)CN(C(=O)/C=C/c1ccc(Oc3cccnc3)c(F)c1)CC2. The summed E-state index contributed by atoms with van der Waals surface area (Å²) in [5, 5.41) is 0. The van der Waals surface area contributed by atoms with Crippen molar-refractivity contribution in [1.29, 1.82) is 0 Å². The van der Waals surface area contributed by atoms with Gasteiger partial charge < -0.3 is 14.4 Å². The van der Waals surface area contributed by atoms with Gasteiger partial charge in [-0.25, -0.2) is 4.39 Å². The number of hydrogen-bond acceptors (Lipinski definition) is 4. The van der Waals surface area contributed by atoms with E-state index in [1.807, 2.05) is 18.2 Å². The van der Waals surface area contributed by atoms with Crippen LogP contribution in [0.2, 0.25) is 0 Å². The minimum absolute atomic E-state index is 0.105. The van der Waals surface area contributed by atoms with Crippen LogP contribution in [-0.4, -0.2) is 29.4 Å². The van der Waals surface area contributed by atoms with Crippen LogP contribution in [0.25, 0.3) is 6.08 Å². The Hall–Kier alpha value is -3.67. The van der Waals surface area contributed by atoms with Crippen LogP contribution in [0.1, 0.15) is 16.7 Å². The third-order valence-corrected chi connectivity index (χ3v) is 4.97. The molecule has 4 rings (SSSR count). The van der Waals surface area contributed by atoms with Crippen molar-refractivity contribution in [2.24, 2.45) is 0 Å². The maximum atomic E-state index is 14.4. The van der Waals surface area contributed by atoms with Gasteiger partial charge in [-0.1, -0.05) is 12.1 Å². The number of carbonyl (C=O) groups is 1. The molecule has 0 saturated heterocycles. The Labute approximate surface area is 174 Å². The Bertz CT molecular complexity index is 1080. The number of nitrogens with zero attached hydrogens (tertiary/aromatic N) is 2. The summed E-state index contributed by atoms with van der Waals surface area (Å²) in [6.07, 6.45) is 7.01. The van der Waals surface area contributed by atoms with E-state index in [0.717, 1.165) is 17.7 Å². The smallest absolute Gasteiger partial charge is 0.246 e. The zero-order valence-corrected chi connectivity index (χ0v) is 16.5. The molecule has 1 aromatic heterocycles. The molecule has 152 valence electrons. The van der Waals surface area contributed by atoms with Crippen molar-refractivity contribution in [3.63, 3.8) is 0 Å². The molecule has 6 heteroatoms. The third-order valence-electron chi connectivity index (χ3n) is 4.97. The fourth-order valence-electron chi connectivity index (χ4n) is 3.36. The first-order chi connectivity index (χ1) is 14.6. The number of carbonyl (C=O) groups excluding carboxylic acids is 1. The van der Waals surface area contributed by atoms with Gasteiger partial charge in [-0.15, -0.1) is 0 Å². The van der Waals surface area contributed by atoms with Gasteiger partial charge in [0, 0.05) is 25.4 Å². The average Bonchev–Trinajstić information content (AvgIpc) is 2.79. The number of methoxy groups -OCH3 is 1. The maximum absolute atomic E-state index is 14.4. The van der Waals surface area contributed by atoms with E-state index in [0.29, 0.717) is 24.4 Å². The van der Waals surface area contributed by atoms with Gasteiger partial charge in [-0.2, -0.15) is 0 Å². The lowest BCUT2D eigenvalue weighted by Gasteiger charge is -2.28. The molecule has 0 unspecified atom stereocenters. The van der Waals surface area contributed by atoms with Crippen molar-refractivity contribution < 1.29 is 18.7 Å². The predicted octanol–water partition coefficient (Wildman–Crippen LogP) is 4.62. The van der Waals surface area contributed by atoms with Gasteiger partial charge in [0.15, 0.2) is 11.6 Å². The fourth-order valence-corrected chi connectivity index (χ4v) is 3.36. The van der Waals surface area contributed by atoms with E-state index in [1.165, 1.54) is 30.0 Å². The van der Waals surface area contributed by atoms with E-state index in [4.69, 9.17) is 9.47 Å². The van der Waals surface area contributed by atoms with E-state index >= 15 is 0 Å². The molecule has 30 heavy (non-hydrogen) atoms. The van der Waals surface area contributed by atoms with Crippen LogP contribution in [0.15, 0.2) is 67.0 Å². The number of aromatic nitrogens is 1. The van der Waals surface area contributed by atoms with Crippen molar-refractivity contribution in [2.45, 2.75) is 13.0 Å². The van der Waals surface area contributed by atoms with Gasteiger partial charge in [0.05, 0.1) is 13.3 Å². The van der Waals surface area contributed by atoms with Gasteiger partial charge in [0.1, 0.15) is 11.5 Å². The molecule has 2 heterocycles. The van der Waals surface area contributed by atoms with E-state index in [1.54, 1.807) is 42.5 Å². The summed E-state index contributed by atoms with van der Waals surface area (Å²) in [6.45, 7) is 1.18. The molecule has 0 aliphatic carbocycles. The molecular weight excluding hydrogens is 383 g/mol. The number of fused-ring (bicyclic) bond motifs is 1. The summed E-state index contributed by atoms with van der Waals surface area (Å²) in [6, 6.07) is 13.9. The molecule has 0 N–H and O–H groups in total. The van der Waals surface area contributed by atoms with Crippen LogP contribution >= 0.6 is 0 Å². The number of hydrogen-bond donors (Lipinski definition) is 0. The van der Waals surface area contributed by atoms with Gasteiger partial charge in [0.25, 0.3) is 0 Å². The first-order valence-corrected chi connectivity index (χ1v) is 9.62. The zero-order valence-electron chi connectivity index (χ0n) is 16.5. The summed E-state index contributed by atoms with van der Waals surface area (Å²) >= 11 is 0. The Morgan fingerprint density at radius 1 is 1.13 bits per heavy atom. The van der Waals surface area contributed by atoms with Gasteiger partial charge in [-0.3, -0.25) is 9.78 Å². The lowest BCUT2D eigenvalue weighted by Crippen LogP contribution is -2.34. The van der Waals surface area contributed by atoms with E-state index in [2.05, 4.69) is 4.98 Å². The van der Waals surface area contributed by atoms with Crippen LogP contribution in [0.3, 0.4) is 0 Å². The Kier molecular flexibility index (Phi) is 5.75. The molecule has 2 aromatic carbocycles. The van der Waals surface area contributed by atoms with Crippen molar-refractivity contribution in [3.05, 3.63) is 89.5 Å². The standard InChI is InChI=1S/C24H21FN2O3/c1-29-20-7-6-18-10-12-27(16-19(18)14-20)24(28)9-5-17-4-8-23(22(25)13-17)30-21-3-2-11-26-15-21/h2-9,11,13-15H,10,12,16H2,1H3/b9-5+. The molecule has 0 saturated carbocycles. The first kappa shape index (κ1) is 19.6. The summed E-state index contributed by atoms with van der Waals surface area (Å²) in [5.41, 5.74) is 2.90. The average molecular weight is 404 g/mol. The lowest BCUT2D eigenvalue weighted by molar-refractivity contribution is -0.126. The van der Waals surface area contributed by atoms with Crippen molar-refractivity contribution >= 4 is 12.0 Å². The van der Waals surface area contributed by atoms with Crippen LogP contribution in [0.5, 0.6) is 17.2 Å².